The predicted octanol–water partition coefficient (Wildman–Crippen LogP) is 4.60. The first-order valence-electron chi connectivity index (χ1n) is 7.87. The maximum atomic E-state index is 12.3. The molecule has 4 nitrogen and oxygen atoms in total. The lowest BCUT2D eigenvalue weighted by Gasteiger charge is -2.11. The summed E-state index contributed by atoms with van der Waals surface area (Å²) in [4.78, 5) is 16.5. The summed E-state index contributed by atoms with van der Waals surface area (Å²) < 4.78 is 6.79. The molecule has 1 heterocycles. The van der Waals surface area contributed by atoms with E-state index in [4.69, 9.17) is 4.74 Å². The van der Waals surface area contributed by atoms with Crippen LogP contribution in [0.3, 0.4) is 0 Å². The number of rotatable bonds is 6. The largest absolute Gasteiger partial charge is 0.485 e. The van der Waals surface area contributed by atoms with Gasteiger partial charge in [0.15, 0.2) is 11.6 Å². The molecule has 0 bridgehead atoms. The van der Waals surface area contributed by atoms with Gasteiger partial charge in [-0.3, -0.25) is 4.79 Å². The van der Waals surface area contributed by atoms with Crippen LogP contribution in [0.15, 0.2) is 77.4 Å². The first-order chi connectivity index (χ1) is 12.2. The number of aromatic nitrogens is 1. The maximum absolute atomic E-state index is 12.3. The number of anilines is 1. The van der Waals surface area contributed by atoms with Crippen molar-refractivity contribution in [3.63, 3.8) is 0 Å². The summed E-state index contributed by atoms with van der Waals surface area (Å²) in [6.07, 6.45) is 1.91. The van der Waals surface area contributed by atoms with Gasteiger partial charge < -0.3 is 10.1 Å². The molecule has 1 aromatic heterocycles. The van der Waals surface area contributed by atoms with Crippen molar-refractivity contribution < 1.29 is 9.53 Å². The van der Waals surface area contributed by atoms with Crippen molar-refractivity contribution in [3.8, 4) is 5.75 Å². The van der Waals surface area contributed by atoms with E-state index in [-0.39, 0.29) is 12.3 Å². The average Bonchev–Trinajstić information content (AvgIpc) is 2.64. The van der Waals surface area contributed by atoms with Gasteiger partial charge in [-0.2, -0.15) is 0 Å². The Morgan fingerprint density at radius 3 is 2.48 bits per heavy atom. The second-order valence-corrected chi connectivity index (χ2v) is 6.39. The van der Waals surface area contributed by atoms with E-state index in [1.54, 1.807) is 18.3 Å². The number of hydrogen-bond acceptors (Lipinski definition) is 3. The second-order valence-electron chi connectivity index (χ2n) is 5.48. The van der Waals surface area contributed by atoms with Crippen molar-refractivity contribution in [3.05, 3.63) is 88.5 Å². The van der Waals surface area contributed by atoms with Gasteiger partial charge in [-0.1, -0.05) is 58.4 Å². The van der Waals surface area contributed by atoms with Gasteiger partial charge in [0, 0.05) is 10.7 Å². The van der Waals surface area contributed by atoms with Crippen LogP contribution in [0.1, 0.15) is 11.1 Å². The van der Waals surface area contributed by atoms with Crippen molar-refractivity contribution >= 4 is 27.7 Å². The molecular formula is C20H17BrN2O2. The Kier molecular flexibility index (Phi) is 5.80. The molecule has 1 N–H and O–H groups in total. The van der Waals surface area contributed by atoms with Crippen LogP contribution < -0.4 is 10.1 Å². The Morgan fingerprint density at radius 1 is 0.960 bits per heavy atom. The van der Waals surface area contributed by atoms with E-state index in [2.05, 4.69) is 26.2 Å². The van der Waals surface area contributed by atoms with Crippen molar-refractivity contribution in [2.24, 2.45) is 0 Å². The van der Waals surface area contributed by atoms with Crippen LogP contribution in [-0.4, -0.2) is 10.9 Å². The standard InChI is InChI=1S/C20H17BrN2O2/c21-17-10-8-15(9-11-17)13-19(24)23-20-18(7-4-12-22-20)25-14-16-5-2-1-3-6-16/h1-12H,13-14H2,(H,22,23,24). The van der Waals surface area contributed by atoms with E-state index in [9.17, 15) is 4.79 Å². The molecule has 0 saturated heterocycles. The fourth-order valence-electron chi connectivity index (χ4n) is 2.30. The third-order valence-electron chi connectivity index (χ3n) is 3.54. The molecule has 0 saturated carbocycles. The number of carbonyl (C=O) groups is 1. The normalized spacial score (nSPS) is 10.3. The maximum Gasteiger partial charge on any atom is 0.230 e. The number of hydrogen-bond donors (Lipinski definition) is 1. The highest BCUT2D eigenvalue weighted by atomic mass is 79.9. The van der Waals surface area contributed by atoms with E-state index >= 15 is 0 Å². The number of nitrogens with zero attached hydrogens (tertiary/aromatic N) is 1. The van der Waals surface area contributed by atoms with E-state index < -0.39 is 0 Å². The molecule has 3 aromatic rings. The van der Waals surface area contributed by atoms with Crippen molar-refractivity contribution in [1.82, 2.24) is 4.98 Å². The molecule has 1 amide bonds. The number of benzene rings is 2. The van der Waals surface area contributed by atoms with Crippen LogP contribution in [-0.2, 0) is 17.8 Å². The van der Waals surface area contributed by atoms with Gasteiger partial charge in [0.05, 0.1) is 6.42 Å². The topological polar surface area (TPSA) is 51.2 Å². The quantitative estimate of drug-likeness (QED) is 0.661. The summed E-state index contributed by atoms with van der Waals surface area (Å²) in [5.41, 5.74) is 1.99. The summed E-state index contributed by atoms with van der Waals surface area (Å²) in [6.45, 7) is 0.419. The Morgan fingerprint density at radius 2 is 1.72 bits per heavy atom. The minimum absolute atomic E-state index is 0.134. The van der Waals surface area contributed by atoms with Crippen LogP contribution in [0.2, 0.25) is 0 Å². The van der Waals surface area contributed by atoms with Gasteiger partial charge in [-0.05, 0) is 35.4 Å². The van der Waals surface area contributed by atoms with Crippen LogP contribution in [0, 0.1) is 0 Å². The predicted molar refractivity (Wildman–Crippen MR) is 101 cm³/mol. The molecule has 126 valence electrons. The third-order valence-corrected chi connectivity index (χ3v) is 4.07. The van der Waals surface area contributed by atoms with Crippen molar-refractivity contribution in [2.75, 3.05) is 5.32 Å². The molecule has 0 aliphatic heterocycles. The molecule has 3 rings (SSSR count). The number of nitrogens with one attached hydrogen (secondary N) is 1. The van der Waals surface area contributed by atoms with Gasteiger partial charge >= 0.3 is 0 Å². The Bertz CT molecular complexity index is 836. The number of halogens is 1. The zero-order valence-electron chi connectivity index (χ0n) is 13.5. The van der Waals surface area contributed by atoms with E-state index in [1.807, 2.05) is 54.6 Å². The van der Waals surface area contributed by atoms with Gasteiger partial charge in [-0.15, -0.1) is 0 Å². The smallest absolute Gasteiger partial charge is 0.230 e. The molecule has 0 atom stereocenters. The molecule has 25 heavy (non-hydrogen) atoms. The van der Waals surface area contributed by atoms with E-state index in [1.165, 1.54) is 0 Å². The molecule has 0 aliphatic carbocycles. The van der Waals surface area contributed by atoms with Gasteiger partial charge in [-0.25, -0.2) is 4.98 Å². The highest BCUT2D eigenvalue weighted by molar-refractivity contribution is 9.10. The minimum Gasteiger partial charge on any atom is -0.485 e. The lowest BCUT2D eigenvalue weighted by atomic mass is 10.1. The van der Waals surface area contributed by atoms with Gasteiger partial charge in [0.1, 0.15) is 6.61 Å². The van der Waals surface area contributed by atoms with Crippen molar-refractivity contribution in [2.45, 2.75) is 13.0 Å². The van der Waals surface area contributed by atoms with E-state index in [0.29, 0.717) is 18.2 Å². The first-order valence-corrected chi connectivity index (χ1v) is 8.66. The fraction of sp³-hybridized carbons (Fsp3) is 0.100. The summed E-state index contributed by atoms with van der Waals surface area (Å²) in [5, 5.41) is 2.82. The molecule has 0 unspecified atom stereocenters. The number of amides is 1. The van der Waals surface area contributed by atoms with Crippen LogP contribution >= 0.6 is 15.9 Å². The Hall–Kier alpha value is -2.66. The zero-order chi connectivity index (χ0) is 17.5. The highest BCUT2D eigenvalue weighted by Crippen LogP contribution is 2.22. The van der Waals surface area contributed by atoms with Gasteiger partial charge in [0.25, 0.3) is 0 Å². The summed E-state index contributed by atoms with van der Waals surface area (Å²) in [6, 6.07) is 21.1. The van der Waals surface area contributed by atoms with Gasteiger partial charge in [0.2, 0.25) is 5.91 Å². The summed E-state index contributed by atoms with van der Waals surface area (Å²) >= 11 is 3.38. The summed E-state index contributed by atoms with van der Waals surface area (Å²) in [5.74, 6) is 0.849. The summed E-state index contributed by atoms with van der Waals surface area (Å²) in [7, 11) is 0. The molecular weight excluding hydrogens is 380 g/mol. The second kappa shape index (κ2) is 8.44. The van der Waals surface area contributed by atoms with Crippen molar-refractivity contribution in [1.29, 1.82) is 0 Å². The molecule has 0 spiro atoms. The molecule has 0 aliphatic rings. The lowest BCUT2D eigenvalue weighted by Crippen LogP contribution is -2.16. The lowest BCUT2D eigenvalue weighted by molar-refractivity contribution is -0.115. The first kappa shape index (κ1) is 17.2. The fourth-order valence-corrected chi connectivity index (χ4v) is 2.56. The average molecular weight is 397 g/mol. The SMILES string of the molecule is O=C(Cc1ccc(Br)cc1)Nc1ncccc1OCc1ccccc1. The Labute approximate surface area is 155 Å². The molecule has 2 aromatic carbocycles. The minimum atomic E-state index is -0.134. The monoisotopic (exact) mass is 396 g/mol. The zero-order valence-corrected chi connectivity index (χ0v) is 15.1. The molecule has 0 radical (unpaired) electrons. The number of pyridine rings is 1. The highest BCUT2D eigenvalue weighted by Gasteiger charge is 2.10. The van der Waals surface area contributed by atoms with Crippen LogP contribution in [0.5, 0.6) is 5.75 Å². The number of ether oxygens (including phenoxy) is 1. The van der Waals surface area contributed by atoms with Crippen LogP contribution in [0.4, 0.5) is 5.82 Å². The van der Waals surface area contributed by atoms with Crippen LogP contribution in [0.25, 0.3) is 0 Å². The third kappa shape index (κ3) is 5.16. The molecule has 5 heteroatoms. The number of carbonyl (C=O) groups excluding carboxylic acids is 1. The molecule has 0 fully saturated rings. The van der Waals surface area contributed by atoms with E-state index in [0.717, 1.165) is 15.6 Å². The Balaban J connectivity index is 1.63.